The summed E-state index contributed by atoms with van der Waals surface area (Å²) in [7, 11) is 1.61. The molecule has 190 valence electrons. The first kappa shape index (κ1) is 25.4. The van der Waals surface area contributed by atoms with E-state index in [9.17, 15) is 14.7 Å². The van der Waals surface area contributed by atoms with E-state index in [2.05, 4.69) is 13.5 Å². The van der Waals surface area contributed by atoms with E-state index in [4.69, 9.17) is 18.9 Å². The van der Waals surface area contributed by atoms with E-state index < -0.39 is 52.2 Å². The Kier molecular flexibility index (Phi) is 6.31. The summed E-state index contributed by atoms with van der Waals surface area (Å²) in [5, 5.41) is 12.3. The maximum atomic E-state index is 14.6. The van der Waals surface area contributed by atoms with Gasteiger partial charge in [-0.05, 0) is 46.5 Å². The van der Waals surface area contributed by atoms with Crippen LogP contribution in [-0.2, 0) is 23.7 Å². The molecule has 3 aliphatic carbocycles. The lowest BCUT2D eigenvalue weighted by Gasteiger charge is -2.66. The molecule has 7 heteroatoms. The van der Waals surface area contributed by atoms with Gasteiger partial charge in [-0.1, -0.05) is 31.1 Å². The third-order valence-electron chi connectivity index (χ3n) is 9.64. The number of ether oxygens (including phenoxy) is 4. The molecule has 0 amide bonds. The number of hydrogen-bond donors (Lipinski definition) is 1. The zero-order valence-corrected chi connectivity index (χ0v) is 21.4. The summed E-state index contributed by atoms with van der Waals surface area (Å²) in [4.78, 5) is 27.2. The lowest BCUT2D eigenvalue weighted by Crippen LogP contribution is -2.77. The summed E-state index contributed by atoms with van der Waals surface area (Å²) in [6.45, 7) is 14.1. The van der Waals surface area contributed by atoms with Crippen molar-refractivity contribution in [1.82, 2.24) is 0 Å². The molecule has 0 aromatic rings. The largest absolute Gasteiger partial charge is 0.509 e. The first-order valence-electron chi connectivity index (χ1n) is 12.5. The average molecular weight is 477 g/mol. The standard InChI is InChI=1S/C27H40O7/c1-8-10-17-21-16(3)11-12-26(30,24(21,4)5)14-18-25(6,22(17)28)19(31-7)13-20-27(18,15-33-20)34-23(29)32-9-2/h8,17-20,30H,1,9-15H2,2-7H3/t17?,18?,19-,20+,25-,26+,27+/m0/s1. The van der Waals surface area contributed by atoms with E-state index >= 15 is 0 Å². The summed E-state index contributed by atoms with van der Waals surface area (Å²) in [6.07, 6.45) is 2.68. The topological polar surface area (TPSA) is 91.3 Å². The average Bonchev–Trinajstić information content (AvgIpc) is 2.76. The highest BCUT2D eigenvalue weighted by molar-refractivity contribution is 5.91. The van der Waals surface area contributed by atoms with Crippen molar-refractivity contribution < 1.29 is 33.6 Å². The molecule has 3 fully saturated rings. The minimum absolute atomic E-state index is 0.0628. The van der Waals surface area contributed by atoms with E-state index in [0.29, 0.717) is 25.7 Å². The van der Waals surface area contributed by atoms with E-state index in [1.807, 2.05) is 20.8 Å². The number of ketones is 1. The van der Waals surface area contributed by atoms with Crippen LogP contribution >= 0.6 is 0 Å². The van der Waals surface area contributed by atoms with Crippen LogP contribution in [0.5, 0.6) is 0 Å². The molecule has 34 heavy (non-hydrogen) atoms. The van der Waals surface area contributed by atoms with E-state index in [-0.39, 0.29) is 19.0 Å². The quantitative estimate of drug-likeness (QED) is 0.465. The van der Waals surface area contributed by atoms with Crippen molar-refractivity contribution in [2.24, 2.45) is 22.7 Å². The highest BCUT2D eigenvalue weighted by Gasteiger charge is 2.73. The molecule has 0 aromatic heterocycles. The van der Waals surface area contributed by atoms with Crippen molar-refractivity contribution in [2.75, 3.05) is 20.3 Å². The highest BCUT2D eigenvalue weighted by Crippen LogP contribution is 2.64. The number of carbonyl (C=O) groups excluding carboxylic acids is 2. The van der Waals surface area contributed by atoms with Gasteiger partial charge in [0.25, 0.3) is 0 Å². The van der Waals surface area contributed by atoms with Crippen LogP contribution in [0.3, 0.4) is 0 Å². The molecule has 1 N–H and O–H groups in total. The Bertz CT molecular complexity index is 907. The smallest absolute Gasteiger partial charge is 0.435 e. The maximum Gasteiger partial charge on any atom is 0.509 e. The van der Waals surface area contributed by atoms with Gasteiger partial charge < -0.3 is 24.1 Å². The summed E-state index contributed by atoms with van der Waals surface area (Å²) < 4.78 is 23.0. The Hall–Kier alpha value is -1.70. The van der Waals surface area contributed by atoms with Gasteiger partial charge in [0.05, 0.1) is 30.3 Å². The van der Waals surface area contributed by atoms with E-state index in [1.54, 1.807) is 20.1 Å². The molecule has 1 saturated heterocycles. The summed E-state index contributed by atoms with van der Waals surface area (Å²) in [6, 6.07) is 0. The van der Waals surface area contributed by atoms with Crippen LogP contribution in [0.4, 0.5) is 4.79 Å². The molecule has 7 nitrogen and oxygen atoms in total. The Morgan fingerprint density at radius 2 is 2.03 bits per heavy atom. The molecule has 0 aromatic carbocycles. The molecule has 7 atom stereocenters. The minimum atomic E-state index is -1.09. The van der Waals surface area contributed by atoms with Crippen LogP contribution in [-0.4, -0.2) is 60.8 Å². The Morgan fingerprint density at radius 3 is 2.59 bits per heavy atom. The lowest BCUT2D eigenvalue weighted by atomic mass is 9.44. The van der Waals surface area contributed by atoms with Gasteiger partial charge in [-0.3, -0.25) is 4.79 Å². The first-order chi connectivity index (χ1) is 15.9. The van der Waals surface area contributed by atoms with Crippen LogP contribution in [0.2, 0.25) is 0 Å². The van der Waals surface area contributed by atoms with Crippen molar-refractivity contribution in [3.63, 3.8) is 0 Å². The number of aliphatic hydroxyl groups is 1. The van der Waals surface area contributed by atoms with Crippen molar-refractivity contribution in [1.29, 1.82) is 0 Å². The maximum absolute atomic E-state index is 14.6. The summed E-state index contributed by atoms with van der Waals surface area (Å²) >= 11 is 0. The third kappa shape index (κ3) is 3.26. The fourth-order valence-electron chi connectivity index (χ4n) is 7.61. The molecule has 2 bridgehead atoms. The van der Waals surface area contributed by atoms with Crippen molar-refractivity contribution in [3.8, 4) is 0 Å². The fraction of sp³-hybridized carbons (Fsp3) is 0.778. The Labute approximate surface area is 202 Å². The predicted molar refractivity (Wildman–Crippen MR) is 126 cm³/mol. The van der Waals surface area contributed by atoms with Gasteiger partial charge in [-0.2, -0.15) is 0 Å². The Balaban J connectivity index is 1.94. The van der Waals surface area contributed by atoms with Gasteiger partial charge in [-0.25, -0.2) is 4.79 Å². The zero-order valence-electron chi connectivity index (χ0n) is 21.4. The van der Waals surface area contributed by atoms with Crippen LogP contribution in [0.1, 0.15) is 66.7 Å². The van der Waals surface area contributed by atoms with Crippen LogP contribution in [0.25, 0.3) is 0 Å². The molecular weight excluding hydrogens is 436 g/mol. The minimum Gasteiger partial charge on any atom is -0.435 e. The van der Waals surface area contributed by atoms with Gasteiger partial charge in [0.2, 0.25) is 0 Å². The predicted octanol–water partition coefficient (Wildman–Crippen LogP) is 4.37. The zero-order chi connectivity index (χ0) is 25.1. The molecule has 4 rings (SSSR count). The molecule has 4 aliphatic rings. The SMILES string of the molecule is C=CCC1C(=O)[C@@]2(C)C(C[C@]3(O)CCC(C)=C1C3(C)C)[C@]1(OC(=O)OCC)CO[C@@H]1C[C@@H]2OC. The second-order valence-corrected chi connectivity index (χ2v) is 11.3. The number of Topliss-reactive ketones (excluding diaryl/α,β-unsaturated/α-hetero) is 1. The molecule has 0 radical (unpaired) electrons. The van der Waals surface area contributed by atoms with Crippen molar-refractivity contribution in [2.45, 2.75) is 90.1 Å². The van der Waals surface area contributed by atoms with Gasteiger partial charge in [0, 0.05) is 30.8 Å². The van der Waals surface area contributed by atoms with Gasteiger partial charge >= 0.3 is 6.16 Å². The number of methoxy groups -OCH3 is 1. The molecule has 0 spiro atoms. The van der Waals surface area contributed by atoms with Crippen LogP contribution in [0, 0.1) is 22.7 Å². The monoisotopic (exact) mass is 476 g/mol. The normalized spacial score (nSPS) is 43.0. The number of hydrogen-bond acceptors (Lipinski definition) is 7. The van der Waals surface area contributed by atoms with Crippen LogP contribution < -0.4 is 0 Å². The summed E-state index contributed by atoms with van der Waals surface area (Å²) in [5.41, 5.74) is -1.58. The van der Waals surface area contributed by atoms with Crippen molar-refractivity contribution in [3.05, 3.63) is 23.8 Å². The first-order valence-corrected chi connectivity index (χ1v) is 12.5. The number of rotatable bonds is 5. The molecule has 1 heterocycles. The molecule has 1 aliphatic heterocycles. The highest BCUT2D eigenvalue weighted by atomic mass is 16.8. The van der Waals surface area contributed by atoms with Gasteiger partial charge in [-0.15, -0.1) is 6.58 Å². The van der Waals surface area contributed by atoms with Gasteiger partial charge in [0.15, 0.2) is 5.60 Å². The molecular formula is C27H40O7. The third-order valence-corrected chi connectivity index (χ3v) is 9.64. The van der Waals surface area contributed by atoms with Crippen LogP contribution in [0.15, 0.2) is 23.8 Å². The lowest BCUT2D eigenvalue weighted by molar-refractivity contribution is -0.326. The van der Waals surface area contributed by atoms with E-state index in [0.717, 1.165) is 12.0 Å². The van der Waals surface area contributed by atoms with Gasteiger partial charge in [0.1, 0.15) is 11.9 Å². The molecule has 2 unspecified atom stereocenters. The Morgan fingerprint density at radius 1 is 1.32 bits per heavy atom. The van der Waals surface area contributed by atoms with E-state index in [1.165, 1.54) is 5.57 Å². The fourth-order valence-corrected chi connectivity index (χ4v) is 7.61. The second-order valence-electron chi connectivity index (χ2n) is 11.3. The molecule has 2 saturated carbocycles. The summed E-state index contributed by atoms with van der Waals surface area (Å²) in [5.74, 6) is -0.860. The number of fused-ring (bicyclic) bond motifs is 5. The number of carbonyl (C=O) groups is 2. The second kappa shape index (κ2) is 8.45. The number of allylic oxidation sites excluding steroid dienone is 2. The van der Waals surface area contributed by atoms with Crippen molar-refractivity contribution >= 4 is 11.9 Å².